The van der Waals surface area contributed by atoms with Gasteiger partial charge in [-0.2, -0.15) is 4.98 Å². The topological polar surface area (TPSA) is 99.6 Å². The fourth-order valence-electron chi connectivity index (χ4n) is 4.05. The summed E-state index contributed by atoms with van der Waals surface area (Å²) in [7, 11) is 1.73. The van der Waals surface area contributed by atoms with Gasteiger partial charge in [-0.05, 0) is 49.2 Å². The molecular weight excluding hydrogens is 506 g/mol. The van der Waals surface area contributed by atoms with Crippen molar-refractivity contribution in [1.82, 2.24) is 28.7 Å². The van der Waals surface area contributed by atoms with Crippen LogP contribution in [0.5, 0.6) is 0 Å². The Hall–Kier alpha value is -4.81. The number of benzene rings is 2. The fraction of sp³-hybridized carbons (Fsp3) is 0.160. The average Bonchev–Trinajstić information content (AvgIpc) is 3.12. The zero-order chi connectivity index (χ0) is 27.3. The summed E-state index contributed by atoms with van der Waals surface area (Å²) in [5, 5.41) is 2.65. The molecule has 3 aromatic heterocycles. The predicted octanol–water partition coefficient (Wildman–Crippen LogP) is 3.64. The van der Waals surface area contributed by atoms with Crippen LogP contribution in [-0.2, 0) is 13.6 Å². The van der Waals surface area contributed by atoms with Crippen LogP contribution < -0.4 is 16.7 Å². The van der Waals surface area contributed by atoms with Crippen LogP contribution in [0.1, 0.15) is 17.0 Å². The summed E-state index contributed by atoms with van der Waals surface area (Å²) in [4.78, 5) is 38.7. The molecule has 2 aromatic carbocycles. The highest BCUT2D eigenvalue weighted by Crippen LogP contribution is 2.25. The average molecular weight is 525 g/mol. The van der Waals surface area contributed by atoms with Crippen LogP contribution in [0.2, 0.25) is 0 Å². The van der Waals surface area contributed by atoms with Crippen molar-refractivity contribution in [2.24, 2.45) is 7.05 Å². The molecule has 0 fully saturated rings. The number of halogens is 4. The van der Waals surface area contributed by atoms with Crippen molar-refractivity contribution in [2.75, 3.05) is 5.32 Å². The Bertz CT molecular complexity index is 1840. The molecule has 0 amide bonds. The molecule has 0 unspecified atom stereocenters. The molecular formula is C25H19F4N7O2. The predicted molar refractivity (Wildman–Crippen MR) is 131 cm³/mol. The van der Waals surface area contributed by atoms with Crippen molar-refractivity contribution < 1.29 is 17.6 Å². The Morgan fingerprint density at radius 1 is 0.895 bits per heavy atom. The second kappa shape index (κ2) is 9.25. The molecule has 0 aliphatic rings. The molecule has 0 spiro atoms. The van der Waals surface area contributed by atoms with Gasteiger partial charge in [0, 0.05) is 19.3 Å². The van der Waals surface area contributed by atoms with Gasteiger partial charge in [-0.25, -0.2) is 36.7 Å². The zero-order valence-corrected chi connectivity index (χ0v) is 20.3. The highest BCUT2D eigenvalue weighted by Gasteiger charge is 2.19. The Balaban J connectivity index is 1.70. The summed E-state index contributed by atoms with van der Waals surface area (Å²) in [6, 6.07) is 5.54. The maximum atomic E-state index is 15.0. The van der Waals surface area contributed by atoms with Gasteiger partial charge in [0.1, 0.15) is 11.6 Å². The highest BCUT2D eigenvalue weighted by atomic mass is 19.2. The lowest BCUT2D eigenvalue weighted by Gasteiger charge is -2.16. The molecule has 194 valence electrons. The number of fused-ring (bicyclic) bond motifs is 1. The molecule has 0 bridgehead atoms. The molecule has 38 heavy (non-hydrogen) atoms. The summed E-state index contributed by atoms with van der Waals surface area (Å²) in [6.45, 7) is 2.91. The van der Waals surface area contributed by atoms with Crippen molar-refractivity contribution >= 4 is 22.7 Å². The Kier molecular flexibility index (Phi) is 6.05. The van der Waals surface area contributed by atoms with Crippen LogP contribution in [0.3, 0.4) is 0 Å². The van der Waals surface area contributed by atoms with E-state index in [9.17, 15) is 27.2 Å². The smallest absolute Gasteiger partial charge is 0.331 e. The van der Waals surface area contributed by atoms with E-state index in [1.54, 1.807) is 25.5 Å². The number of anilines is 2. The van der Waals surface area contributed by atoms with E-state index in [0.29, 0.717) is 39.1 Å². The summed E-state index contributed by atoms with van der Waals surface area (Å²) >= 11 is 0. The first-order chi connectivity index (χ1) is 18.0. The van der Waals surface area contributed by atoms with Gasteiger partial charge in [0.15, 0.2) is 17.5 Å². The van der Waals surface area contributed by atoms with Gasteiger partial charge in [-0.15, -0.1) is 0 Å². The molecule has 5 aromatic rings. The zero-order valence-electron chi connectivity index (χ0n) is 20.3. The fourth-order valence-corrected chi connectivity index (χ4v) is 4.05. The molecule has 0 saturated carbocycles. The monoisotopic (exact) mass is 525 g/mol. The highest BCUT2D eigenvalue weighted by molar-refractivity contribution is 5.81. The van der Waals surface area contributed by atoms with E-state index in [1.807, 2.05) is 0 Å². The number of imidazole rings is 1. The summed E-state index contributed by atoms with van der Waals surface area (Å²) in [6.07, 6.45) is 2.78. The summed E-state index contributed by atoms with van der Waals surface area (Å²) in [5.74, 6) is -5.12. The summed E-state index contributed by atoms with van der Waals surface area (Å²) < 4.78 is 59.7. The van der Waals surface area contributed by atoms with E-state index in [2.05, 4.69) is 20.3 Å². The van der Waals surface area contributed by atoms with Crippen LogP contribution in [0.15, 0.2) is 52.3 Å². The van der Waals surface area contributed by atoms with Crippen LogP contribution in [0.4, 0.5) is 29.2 Å². The van der Waals surface area contributed by atoms with Gasteiger partial charge in [0.2, 0.25) is 5.95 Å². The minimum absolute atomic E-state index is 0.0993. The van der Waals surface area contributed by atoms with E-state index in [-0.39, 0.29) is 16.9 Å². The van der Waals surface area contributed by atoms with Gasteiger partial charge in [0.25, 0.3) is 0 Å². The molecule has 9 nitrogen and oxygen atoms in total. The molecule has 0 saturated heterocycles. The third kappa shape index (κ3) is 4.31. The van der Waals surface area contributed by atoms with Gasteiger partial charge in [-0.1, -0.05) is 0 Å². The number of aromatic nitrogens is 6. The van der Waals surface area contributed by atoms with E-state index >= 15 is 0 Å². The molecule has 0 radical (unpaired) electrons. The van der Waals surface area contributed by atoms with Gasteiger partial charge in [0.05, 0.1) is 35.1 Å². The maximum Gasteiger partial charge on any atom is 0.359 e. The number of pyridine rings is 1. The number of rotatable bonds is 5. The minimum atomic E-state index is -1.67. The quantitative estimate of drug-likeness (QED) is 0.278. The molecule has 0 atom stereocenters. The van der Waals surface area contributed by atoms with Crippen molar-refractivity contribution in [2.45, 2.75) is 20.4 Å². The second-order valence-corrected chi connectivity index (χ2v) is 8.68. The lowest BCUT2D eigenvalue weighted by Crippen LogP contribution is -2.41. The number of aryl methyl sites for hydroxylation is 3. The lowest BCUT2D eigenvalue weighted by atomic mass is 10.2. The van der Waals surface area contributed by atoms with E-state index < -0.39 is 47.1 Å². The Morgan fingerprint density at radius 2 is 1.61 bits per heavy atom. The Labute approximate surface area is 211 Å². The second-order valence-electron chi connectivity index (χ2n) is 8.68. The first kappa shape index (κ1) is 24.9. The SMILES string of the molecule is Cc1cncc(-n2c(=O)nc(Nc3cc4c(cc3F)nc(C)n4C)n(Cc3cc(F)c(F)c(F)c3)c2=O)c1. The van der Waals surface area contributed by atoms with Crippen molar-refractivity contribution in [3.8, 4) is 5.69 Å². The van der Waals surface area contributed by atoms with E-state index in [0.717, 1.165) is 4.57 Å². The summed E-state index contributed by atoms with van der Waals surface area (Å²) in [5.41, 5.74) is -0.543. The molecule has 13 heteroatoms. The van der Waals surface area contributed by atoms with Gasteiger partial charge < -0.3 is 9.88 Å². The van der Waals surface area contributed by atoms with Crippen LogP contribution in [0.25, 0.3) is 16.7 Å². The molecule has 0 aliphatic carbocycles. The molecule has 3 heterocycles. The number of nitrogens with one attached hydrogen (secondary N) is 1. The van der Waals surface area contributed by atoms with E-state index in [1.165, 1.54) is 30.6 Å². The maximum absolute atomic E-state index is 15.0. The van der Waals surface area contributed by atoms with E-state index in [4.69, 9.17) is 0 Å². The van der Waals surface area contributed by atoms with Crippen molar-refractivity contribution in [3.63, 3.8) is 0 Å². The number of hydrogen-bond donors (Lipinski definition) is 1. The first-order valence-corrected chi connectivity index (χ1v) is 11.2. The third-order valence-corrected chi connectivity index (χ3v) is 6.01. The van der Waals surface area contributed by atoms with Gasteiger partial charge >= 0.3 is 11.4 Å². The minimum Gasteiger partial charge on any atom is -0.331 e. The van der Waals surface area contributed by atoms with Crippen LogP contribution in [-0.4, -0.2) is 28.7 Å². The lowest BCUT2D eigenvalue weighted by molar-refractivity contribution is 0.444. The largest absolute Gasteiger partial charge is 0.359 e. The van der Waals surface area contributed by atoms with Crippen LogP contribution in [0, 0.1) is 37.1 Å². The van der Waals surface area contributed by atoms with Gasteiger partial charge in [-0.3, -0.25) is 9.55 Å². The Morgan fingerprint density at radius 3 is 2.29 bits per heavy atom. The first-order valence-electron chi connectivity index (χ1n) is 11.2. The number of nitrogens with zero attached hydrogens (tertiary/aromatic N) is 6. The molecule has 1 N–H and O–H groups in total. The number of hydrogen-bond acceptors (Lipinski definition) is 6. The molecule has 0 aliphatic heterocycles. The van der Waals surface area contributed by atoms with Crippen molar-refractivity contribution in [1.29, 1.82) is 0 Å². The third-order valence-electron chi connectivity index (χ3n) is 6.01. The van der Waals surface area contributed by atoms with Crippen LogP contribution >= 0.6 is 0 Å². The standard InChI is InChI=1S/C25H19F4N7O2/c1-12-4-15(10-30-9-12)36-24(37)33-23(32-19-8-21-20(7-16(19)26)31-13(2)34(21)3)35(25(36)38)11-14-5-17(27)22(29)18(28)6-14/h4-10H,11H2,1-3H3,(H,32,33,37). The molecule has 5 rings (SSSR count). The van der Waals surface area contributed by atoms with Crippen molar-refractivity contribution in [3.05, 3.63) is 104 Å². The normalized spacial score (nSPS) is 11.3.